The Morgan fingerprint density at radius 2 is 1.30 bits per heavy atom. The van der Waals surface area contributed by atoms with Gasteiger partial charge in [-0.2, -0.15) is 0 Å². The number of hydrogen-bond acceptors (Lipinski definition) is 4. The van der Waals surface area contributed by atoms with Gasteiger partial charge in [0.2, 0.25) is 0 Å². The summed E-state index contributed by atoms with van der Waals surface area (Å²) in [4.78, 5) is 15.3. The maximum Gasteiger partial charge on any atom is 0.197 e. The van der Waals surface area contributed by atoms with E-state index in [-0.39, 0.29) is 12.8 Å². The van der Waals surface area contributed by atoms with Crippen molar-refractivity contribution in [2.45, 2.75) is 27.4 Å². The molecule has 0 radical (unpaired) electrons. The third-order valence-electron chi connectivity index (χ3n) is 3.97. The lowest BCUT2D eigenvalue weighted by Gasteiger charge is -2.24. The minimum Gasteiger partial charge on any atom is -0.369 e. The minimum atomic E-state index is -1.57. The zero-order chi connectivity index (χ0) is 22.5. The molecule has 166 valence electrons. The molecule has 0 saturated heterocycles. The molecule has 0 bridgehead atoms. The fourth-order valence-corrected chi connectivity index (χ4v) is 3.90. The summed E-state index contributed by atoms with van der Waals surface area (Å²) in [5, 5.41) is 0. The number of hydrogen-bond donors (Lipinski definition) is 0. The van der Waals surface area contributed by atoms with Crippen LogP contribution in [-0.2, 0) is 12.8 Å². The Balaban J connectivity index is 2.48. The Morgan fingerprint density at radius 1 is 0.800 bits per heavy atom. The van der Waals surface area contributed by atoms with Gasteiger partial charge in [-0.05, 0) is 30.7 Å². The number of anilines is 1. The van der Waals surface area contributed by atoms with E-state index in [2.05, 4.69) is 19.9 Å². The monoisotopic (exact) mass is 570 g/mol. The molecule has 0 spiro atoms. The van der Waals surface area contributed by atoms with Crippen LogP contribution in [0.25, 0.3) is 11.4 Å². The van der Waals surface area contributed by atoms with Crippen LogP contribution in [0.5, 0.6) is 0 Å². The molecule has 0 saturated carbocycles. The fraction of sp³-hybridized carbons (Fsp3) is 0.500. The van der Waals surface area contributed by atoms with Gasteiger partial charge in [0.15, 0.2) is 13.4 Å². The van der Waals surface area contributed by atoms with E-state index >= 15 is 0 Å². The summed E-state index contributed by atoms with van der Waals surface area (Å²) in [6, 6.07) is 5.88. The largest absolute Gasteiger partial charge is 0.369 e. The van der Waals surface area contributed by atoms with Crippen LogP contribution in [0.3, 0.4) is 0 Å². The van der Waals surface area contributed by atoms with Crippen LogP contribution < -0.4 is 4.90 Å². The summed E-state index contributed by atoms with van der Waals surface area (Å²) in [6.07, 6.45) is -0.0349. The van der Waals surface area contributed by atoms with Gasteiger partial charge in [-0.25, -0.2) is 15.0 Å². The number of aryl methyl sites for hydroxylation is 1. The second kappa shape index (κ2) is 11.5. The molecule has 1 aromatic carbocycles. The summed E-state index contributed by atoms with van der Waals surface area (Å²) in [7, 11) is 0. The van der Waals surface area contributed by atoms with E-state index in [0.717, 1.165) is 16.8 Å². The zero-order valence-electron chi connectivity index (χ0n) is 15.8. The van der Waals surface area contributed by atoms with Crippen molar-refractivity contribution in [2.24, 2.45) is 0 Å². The Bertz CT molecular complexity index is 811. The van der Waals surface area contributed by atoms with Crippen molar-refractivity contribution in [3.8, 4) is 11.4 Å². The molecular weight excluding hydrogens is 556 g/mol. The molecule has 0 aliphatic heterocycles. The Hall–Kier alpha value is 0.350. The molecule has 0 fully saturated rings. The lowest BCUT2D eigenvalue weighted by molar-refractivity contribution is 0.792. The second-order valence-corrected chi connectivity index (χ2v) is 12.2. The van der Waals surface area contributed by atoms with E-state index in [4.69, 9.17) is 92.8 Å². The first-order chi connectivity index (χ1) is 13.9. The topological polar surface area (TPSA) is 41.9 Å². The molecule has 1 heterocycles. The smallest absolute Gasteiger partial charge is 0.197 e. The Labute approximate surface area is 216 Å². The molecule has 0 aliphatic carbocycles. The Morgan fingerprint density at radius 3 is 1.70 bits per heavy atom. The molecule has 0 N–H and O–H groups in total. The van der Waals surface area contributed by atoms with Crippen LogP contribution in [0.1, 0.15) is 17.2 Å². The number of aromatic nitrogens is 3. The summed E-state index contributed by atoms with van der Waals surface area (Å²) < 4.78 is -3.14. The van der Waals surface area contributed by atoms with E-state index in [9.17, 15) is 0 Å². The van der Waals surface area contributed by atoms with Gasteiger partial charge < -0.3 is 4.90 Å². The molecule has 0 unspecified atom stereocenters. The van der Waals surface area contributed by atoms with Crippen LogP contribution in [-0.4, -0.2) is 47.4 Å². The number of halogens is 8. The van der Waals surface area contributed by atoms with E-state index in [1.54, 1.807) is 0 Å². The third-order valence-corrected chi connectivity index (χ3v) is 5.11. The van der Waals surface area contributed by atoms with Crippen molar-refractivity contribution in [2.75, 3.05) is 29.7 Å². The van der Waals surface area contributed by atoms with E-state index < -0.39 is 7.59 Å². The van der Waals surface area contributed by atoms with Gasteiger partial charge in [0, 0.05) is 36.1 Å². The predicted molar refractivity (Wildman–Crippen MR) is 132 cm³/mol. The first-order valence-electron chi connectivity index (χ1n) is 8.77. The summed E-state index contributed by atoms with van der Waals surface area (Å²) in [6.45, 7) is 3.31. The standard InChI is InChI=1S/C18H18Cl8N4/c1-11-8-12(30(6-4-19)7-5-20)2-3-13(11)16-28-14(9-17(21,22)23)27-15(29-16)10-18(24,25)26/h2-3,8H,4-7,9-10H2,1H3. The van der Waals surface area contributed by atoms with Crippen LogP contribution in [0.15, 0.2) is 18.2 Å². The normalized spacial score (nSPS) is 12.3. The van der Waals surface area contributed by atoms with Gasteiger partial charge >= 0.3 is 0 Å². The zero-order valence-corrected chi connectivity index (χ0v) is 21.8. The van der Waals surface area contributed by atoms with Gasteiger partial charge in [-0.1, -0.05) is 69.6 Å². The quantitative estimate of drug-likeness (QED) is 0.320. The number of alkyl halides is 8. The molecule has 0 aliphatic rings. The van der Waals surface area contributed by atoms with Gasteiger partial charge in [0.25, 0.3) is 0 Å². The first kappa shape index (κ1) is 26.6. The highest BCUT2D eigenvalue weighted by molar-refractivity contribution is 6.68. The van der Waals surface area contributed by atoms with Crippen molar-refractivity contribution in [3.05, 3.63) is 35.4 Å². The van der Waals surface area contributed by atoms with Crippen molar-refractivity contribution in [1.82, 2.24) is 15.0 Å². The highest BCUT2D eigenvalue weighted by Gasteiger charge is 2.27. The maximum absolute atomic E-state index is 5.92. The molecule has 0 atom stereocenters. The second-order valence-electron chi connectivity index (χ2n) is 6.44. The van der Waals surface area contributed by atoms with Crippen LogP contribution in [0, 0.1) is 6.92 Å². The first-order valence-corrected chi connectivity index (χ1v) is 12.1. The van der Waals surface area contributed by atoms with Crippen molar-refractivity contribution >= 4 is 98.5 Å². The lowest BCUT2D eigenvalue weighted by Crippen LogP contribution is -2.27. The minimum absolute atomic E-state index is 0.0175. The van der Waals surface area contributed by atoms with Crippen LogP contribution >= 0.6 is 92.8 Å². The van der Waals surface area contributed by atoms with E-state index in [1.165, 1.54) is 0 Å². The molecule has 2 aromatic rings. The lowest BCUT2D eigenvalue weighted by atomic mass is 10.1. The predicted octanol–water partition coefficient (Wildman–Crippen LogP) is 6.96. The average Bonchev–Trinajstić information content (AvgIpc) is 2.58. The molecule has 12 heteroatoms. The highest BCUT2D eigenvalue weighted by Crippen LogP contribution is 2.33. The third kappa shape index (κ3) is 8.71. The highest BCUT2D eigenvalue weighted by atomic mass is 35.6. The van der Waals surface area contributed by atoms with Crippen molar-refractivity contribution < 1.29 is 0 Å². The summed E-state index contributed by atoms with van der Waals surface area (Å²) in [5.41, 5.74) is 2.72. The number of rotatable bonds is 8. The van der Waals surface area contributed by atoms with Crippen molar-refractivity contribution in [3.63, 3.8) is 0 Å². The van der Waals surface area contributed by atoms with Gasteiger partial charge in [0.1, 0.15) is 11.6 Å². The number of benzene rings is 1. The molecule has 1 aromatic heterocycles. The van der Waals surface area contributed by atoms with Gasteiger partial charge in [-0.15, -0.1) is 23.2 Å². The summed E-state index contributed by atoms with van der Waals surface area (Å²) in [5.74, 6) is 1.97. The maximum atomic E-state index is 5.92. The van der Waals surface area contributed by atoms with E-state index in [1.807, 2.05) is 25.1 Å². The van der Waals surface area contributed by atoms with Gasteiger partial charge in [-0.3, -0.25) is 0 Å². The Kier molecular flexibility index (Phi) is 10.2. The molecule has 4 nitrogen and oxygen atoms in total. The molecule has 2 rings (SSSR count). The van der Waals surface area contributed by atoms with Crippen molar-refractivity contribution in [1.29, 1.82) is 0 Å². The molecular formula is C18H18Cl8N4. The van der Waals surface area contributed by atoms with Gasteiger partial charge in [0.05, 0.1) is 12.8 Å². The fourth-order valence-electron chi connectivity index (χ4n) is 2.78. The molecule has 0 amide bonds. The van der Waals surface area contributed by atoms with E-state index in [0.29, 0.717) is 42.3 Å². The number of nitrogens with zero attached hydrogens (tertiary/aromatic N) is 4. The van der Waals surface area contributed by atoms with Crippen LogP contribution in [0.4, 0.5) is 5.69 Å². The SMILES string of the molecule is Cc1cc(N(CCCl)CCCl)ccc1-c1nc(CC(Cl)(Cl)Cl)nc(CC(Cl)(Cl)Cl)n1. The van der Waals surface area contributed by atoms with Crippen LogP contribution in [0.2, 0.25) is 0 Å². The summed E-state index contributed by atoms with van der Waals surface area (Å²) >= 11 is 47.4. The molecule has 30 heavy (non-hydrogen) atoms. The average molecular weight is 574 g/mol.